The molecule has 8 heteroatoms. The minimum absolute atomic E-state index is 0.248. The SMILES string of the molecule is O=C(CC1CCN(S(=O)(=O)c2ccc(Br)s2)CC1)N1CCCCC1. The van der Waals surface area contributed by atoms with E-state index in [1.165, 1.54) is 17.8 Å². The van der Waals surface area contributed by atoms with Crippen LogP contribution in [-0.2, 0) is 14.8 Å². The number of piperidine rings is 2. The Morgan fingerprint density at radius 1 is 1.12 bits per heavy atom. The molecule has 1 aromatic rings. The Morgan fingerprint density at radius 2 is 1.79 bits per heavy atom. The van der Waals surface area contributed by atoms with Crippen molar-refractivity contribution in [1.29, 1.82) is 0 Å². The second-order valence-corrected chi connectivity index (χ2v) is 11.2. The predicted molar refractivity (Wildman–Crippen MR) is 98.5 cm³/mol. The van der Waals surface area contributed by atoms with Gasteiger partial charge in [0.1, 0.15) is 4.21 Å². The van der Waals surface area contributed by atoms with Gasteiger partial charge < -0.3 is 4.90 Å². The summed E-state index contributed by atoms with van der Waals surface area (Å²) in [6.45, 7) is 2.80. The Hall–Kier alpha value is -0.440. The van der Waals surface area contributed by atoms with E-state index in [0.717, 1.165) is 42.6 Å². The van der Waals surface area contributed by atoms with Crippen molar-refractivity contribution in [1.82, 2.24) is 9.21 Å². The molecule has 5 nitrogen and oxygen atoms in total. The number of nitrogens with zero attached hydrogens (tertiary/aromatic N) is 2. The minimum Gasteiger partial charge on any atom is -0.343 e. The quantitative estimate of drug-likeness (QED) is 0.729. The second-order valence-electron chi connectivity index (χ2n) is 6.55. The topological polar surface area (TPSA) is 57.7 Å². The van der Waals surface area contributed by atoms with Gasteiger partial charge in [-0.25, -0.2) is 8.42 Å². The van der Waals surface area contributed by atoms with Gasteiger partial charge >= 0.3 is 0 Å². The van der Waals surface area contributed by atoms with Crippen LogP contribution in [-0.4, -0.2) is 49.7 Å². The molecule has 3 heterocycles. The largest absolute Gasteiger partial charge is 0.343 e. The van der Waals surface area contributed by atoms with Gasteiger partial charge in [-0.15, -0.1) is 11.3 Å². The van der Waals surface area contributed by atoms with Gasteiger partial charge in [-0.2, -0.15) is 4.31 Å². The average Bonchev–Trinajstić information content (AvgIpc) is 3.03. The number of halogens is 1. The number of carbonyl (C=O) groups is 1. The fourth-order valence-electron chi connectivity index (χ4n) is 3.44. The van der Waals surface area contributed by atoms with E-state index < -0.39 is 10.0 Å². The molecule has 3 rings (SSSR count). The molecule has 0 bridgehead atoms. The zero-order chi connectivity index (χ0) is 17.2. The van der Waals surface area contributed by atoms with E-state index in [0.29, 0.717) is 29.6 Å². The van der Waals surface area contributed by atoms with Crippen LogP contribution < -0.4 is 0 Å². The molecule has 0 radical (unpaired) electrons. The van der Waals surface area contributed by atoms with Gasteiger partial charge in [0.15, 0.2) is 0 Å². The number of likely N-dealkylation sites (tertiary alicyclic amines) is 1. The first-order valence-corrected chi connectivity index (χ1v) is 11.5. The van der Waals surface area contributed by atoms with E-state index >= 15 is 0 Å². The first-order valence-electron chi connectivity index (χ1n) is 8.50. The van der Waals surface area contributed by atoms with Gasteiger partial charge in [0.25, 0.3) is 10.0 Å². The summed E-state index contributed by atoms with van der Waals surface area (Å²) >= 11 is 4.56. The second kappa shape index (κ2) is 7.85. The molecule has 2 saturated heterocycles. The van der Waals surface area contributed by atoms with Crippen LogP contribution in [0.1, 0.15) is 38.5 Å². The van der Waals surface area contributed by atoms with Crippen molar-refractivity contribution < 1.29 is 13.2 Å². The van der Waals surface area contributed by atoms with Gasteiger partial charge in [-0.3, -0.25) is 4.79 Å². The molecule has 0 aliphatic carbocycles. The van der Waals surface area contributed by atoms with Gasteiger partial charge in [-0.1, -0.05) is 0 Å². The molecular weight excluding hydrogens is 412 g/mol. The third-order valence-electron chi connectivity index (χ3n) is 4.89. The first kappa shape index (κ1) is 18.4. The summed E-state index contributed by atoms with van der Waals surface area (Å²) in [5, 5.41) is 0. The molecule has 1 aromatic heterocycles. The fraction of sp³-hybridized carbons (Fsp3) is 0.688. The molecule has 1 amide bonds. The lowest BCUT2D eigenvalue weighted by Gasteiger charge is -2.33. The number of carbonyl (C=O) groups excluding carboxylic acids is 1. The van der Waals surface area contributed by atoms with Crippen LogP contribution in [0.15, 0.2) is 20.1 Å². The van der Waals surface area contributed by atoms with E-state index in [9.17, 15) is 13.2 Å². The molecule has 2 aliphatic rings. The fourth-order valence-corrected chi connectivity index (χ4v) is 7.07. The van der Waals surface area contributed by atoms with Gasteiger partial charge in [-0.05, 0) is 66.1 Å². The van der Waals surface area contributed by atoms with Crippen LogP contribution in [0.5, 0.6) is 0 Å². The minimum atomic E-state index is -3.39. The van der Waals surface area contributed by atoms with Crippen molar-refractivity contribution >= 4 is 43.2 Å². The van der Waals surface area contributed by atoms with Crippen LogP contribution in [0.25, 0.3) is 0 Å². The van der Waals surface area contributed by atoms with Crippen LogP contribution in [0.2, 0.25) is 0 Å². The molecule has 0 atom stereocenters. The predicted octanol–water partition coefficient (Wildman–Crippen LogP) is 3.31. The highest BCUT2D eigenvalue weighted by molar-refractivity contribution is 9.11. The Morgan fingerprint density at radius 3 is 2.38 bits per heavy atom. The average molecular weight is 435 g/mol. The maximum atomic E-state index is 12.6. The summed E-state index contributed by atoms with van der Waals surface area (Å²) in [5.41, 5.74) is 0. The molecule has 0 unspecified atom stereocenters. The summed E-state index contributed by atoms with van der Waals surface area (Å²) in [5.74, 6) is 0.555. The molecule has 134 valence electrons. The molecular formula is C16H23BrN2O3S2. The molecule has 2 fully saturated rings. The van der Waals surface area contributed by atoms with Gasteiger partial charge in [0.2, 0.25) is 5.91 Å². The third-order valence-corrected chi connectivity index (χ3v) is 8.88. The molecule has 0 aromatic carbocycles. The first-order chi connectivity index (χ1) is 11.5. The Labute approximate surface area is 156 Å². The maximum Gasteiger partial charge on any atom is 0.252 e. The smallest absolute Gasteiger partial charge is 0.252 e. The van der Waals surface area contributed by atoms with Crippen LogP contribution >= 0.6 is 27.3 Å². The summed E-state index contributed by atoms with van der Waals surface area (Å²) in [4.78, 5) is 14.3. The van der Waals surface area contributed by atoms with E-state index in [1.54, 1.807) is 16.4 Å². The van der Waals surface area contributed by atoms with E-state index in [2.05, 4.69) is 15.9 Å². The van der Waals surface area contributed by atoms with Gasteiger partial charge in [0, 0.05) is 32.6 Å². The lowest BCUT2D eigenvalue weighted by Crippen LogP contribution is -2.41. The number of rotatable bonds is 4. The van der Waals surface area contributed by atoms with Crippen LogP contribution in [0.4, 0.5) is 0 Å². The zero-order valence-electron chi connectivity index (χ0n) is 13.6. The van der Waals surface area contributed by atoms with E-state index in [-0.39, 0.29) is 5.91 Å². The van der Waals surface area contributed by atoms with Crippen LogP contribution in [0.3, 0.4) is 0 Å². The number of thiophene rings is 1. The van der Waals surface area contributed by atoms with Crippen molar-refractivity contribution in [2.75, 3.05) is 26.2 Å². The monoisotopic (exact) mass is 434 g/mol. The highest BCUT2D eigenvalue weighted by Gasteiger charge is 2.31. The van der Waals surface area contributed by atoms with Crippen LogP contribution in [0, 0.1) is 5.92 Å². The standard InChI is InChI=1S/C16H23BrN2O3S2/c17-14-4-5-16(23-14)24(21,22)19-10-6-13(7-11-19)12-15(20)18-8-2-1-3-9-18/h4-5,13H,1-3,6-12H2. The molecule has 0 spiro atoms. The van der Waals surface area contributed by atoms with Gasteiger partial charge in [0.05, 0.1) is 3.79 Å². The summed E-state index contributed by atoms with van der Waals surface area (Å²) < 4.78 is 28.0. The molecule has 2 aliphatic heterocycles. The van der Waals surface area contributed by atoms with E-state index in [4.69, 9.17) is 0 Å². The number of amides is 1. The molecule has 0 saturated carbocycles. The molecule has 24 heavy (non-hydrogen) atoms. The number of hydrogen-bond acceptors (Lipinski definition) is 4. The lowest BCUT2D eigenvalue weighted by molar-refractivity contribution is -0.133. The maximum absolute atomic E-state index is 12.6. The highest BCUT2D eigenvalue weighted by Crippen LogP contribution is 2.31. The number of sulfonamides is 1. The van der Waals surface area contributed by atoms with Crippen molar-refractivity contribution in [3.63, 3.8) is 0 Å². The summed E-state index contributed by atoms with van der Waals surface area (Å²) in [7, 11) is -3.39. The number of hydrogen-bond donors (Lipinski definition) is 0. The van der Waals surface area contributed by atoms with E-state index in [1.807, 2.05) is 4.90 Å². The normalized spacial score (nSPS) is 21.1. The highest BCUT2D eigenvalue weighted by atomic mass is 79.9. The molecule has 0 N–H and O–H groups in total. The zero-order valence-corrected chi connectivity index (χ0v) is 16.8. The van der Waals surface area contributed by atoms with Crippen molar-refractivity contribution in [3.05, 3.63) is 15.9 Å². The van der Waals surface area contributed by atoms with Crippen molar-refractivity contribution in [2.45, 2.75) is 42.7 Å². The Balaban J connectivity index is 1.53. The Kier molecular flexibility index (Phi) is 6.00. The lowest BCUT2D eigenvalue weighted by atomic mass is 9.93. The summed E-state index contributed by atoms with van der Waals surface area (Å²) in [6.07, 6.45) is 5.55. The third kappa shape index (κ3) is 4.20. The van der Waals surface area contributed by atoms with Crippen molar-refractivity contribution in [3.8, 4) is 0 Å². The summed E-state index contributed by atoms with van der Waals surface area (Å²) in [6, 6.07) is 3.41. The van der Waals surface area contributed by atoms with Crippen molar-refractivity contribution in [2.24, 2.45) is 5.92 Å². The Bertz CT molecular complexity index is 675.